The van der Waals surface area contributed by atoms with Crippen LogP contribution >= 0.6 is 0 Å². The first-order valence-electron chi connectivity index (χ1n) is 15.1. The van der Waals surface area contributed by atoms with E-state index in [0.717, 1.165) is 40.0 Å². The van der Waals surface area contributed by atoms with Crippen molar-refractivity contribution in [2.75, 3.05) is 13.2 Å². The number of aromatic nitrogens is 2. The van der Waals surface area contributed by atoms with Gasteiger partial charge in [-0.1, -0.05) is 76.2 Å². The van der Waals surface area contributed by atoms with E-state index >= 15 is 0 Å². The maximum Gasteiger partial charge on any atom is 0.305 e. The number of carboxylic acids is 1. The van der Waals surface area contributed by atoms with Crippen molar-refractivity contribution in [1.29, 1.82) is 0 Å². The number of carbonyl (C=O) groups excluding carboxylic acids is 2. The Morgan fingerprint density at radius 2 is 1.47 bits per heavy atom. The lowest BCUT2D eigenvalue weighted by Crippen LogP contribution is -2.48. The van der Waals surface area contributed by atoms with E-state index in [0.29, 0.717) is 18.0 Å². The van der Waals surface area contributed by atoms with Crippen molar-refractivity contribution in [1.82, 2.24) is 20.6 Å². The third-order valence-corrected chi connectivity index (χ3v) is 7.24. The van der Waals surface area contributed by atoms with Gasteiger partial charge in [0.15, 0.2) is 5.82 Å². The van der Waals surface area contributed by atoms with Crippen LogP contribution in [0.25, 0.3) is 22.5 Å². The number of ether oxygens (including phenoxy) is 1. The molecule has 2 amide bonds. The van der Waals surface area contributed by atoms with Gasteiger partial charge in [0.25, 0.3) is 5.91 Å². The van der Waals surface area contributed by atoms with E-state index in [4.69, 9.17) is 9.84 Å². The second-order valence-electron chi connectivity index (χ2n) is 11.9. The first-order valence-corrected chi connectivity index (χ1v) is 15.1. The number of aliphatic carboxylic acids is 1. The number of hydrogen-bond acceptors (Lipinski definition) is 6. The molecule has 0 aliphatic rings. The molecule has 3 aromatic carbocycles. The molecule has 1 heterocycles. The lowest BCUT2D eigenvalue weighted by atomic mass is 9.86. The fourth-order valence-electron chi connectivity index (χ4n) is 4.60. The van der Waals surface area contributed by atoms with E-state index in [1.54, 1.807) is 24.5 Å². The summed E-state index contributed by atoms with van der Waals surface area (Å²) in [7, 11) is 0. The molecule has 45 heavy (non-hydrogen) atoms. The molecule has 0 bridgehead atoms. The number of carboxylic acid groups (broad SMARTS) is 1. The quantitative estimate of drug-likeness (QED) is 0.174. The number of carbonyl (C=O) groups is 3. The maximum atomic E-state index is 13.1. The highest BCUT2D eigenvalue weighted by molar-refractivity contribution is 5.97. The fraction of sp³-hybridized carbons (Fsp3) is 0.306. The molecule has 0 aliphatic heterocycles. The largest absolute Gasteiger partial charge is 0.494 e. The number of hydrogen-bond donors (Lipinski definition) is 3. The van der Waals surface area contributed by atoms with E-state index in [9.17, 15) is 14.4 Å². The van der Waals surface area contributed by atoms with Gasteiger partial charge in [0.05, 0.1) is 13.0 Å². The summed E-state index contributed by atoms with van der Waals surface area (Å²) >= 11 is 0. The third kappa shape index (κ3) is 9.47. The van der Waals surface area contributed by atoms with Gasteiger partial charge in [-0.2, -0.15) is 0 Å². The first-order chi connectivity index (χ1) is 21.5. The van der Waals surface area contributed by atoms with Gasteiger partial charge >= 0.3 is 5.97 Å². The van der Waals surface area contributed by atoms with Crippen LogP contribution in [0, 0.1) is 0 Å². The average Bonchev–Trinajstić information content (AvgIpc) is 3.03. The van der Waals surface area contributed by atoms with Crippen LogP contribution in [0.4, 0.5) is 0 Å². The van der Waals surface area contributed by atoms with Crippen molar-refractivity contribution in [3.63, 3.8) is 0 Å². The molecular formula is C36H40N4O5. The molecule has 0 saturated heterocycles. The van der Waals surface area contributed by atoms with Crippen LogP contribution in [0.3, 0.4) is 0 Å². The molecule has 0 fully saturated rings. The summed E-state index contributed by atoms with van der Waals surface area (Å²) in [5, 5.41) is 14.4. The second kappa shape index (κ2) is 15.1. The molecule has 0 spiro atoms. The summed E-state index contributed by atoms with van der Waals surface area (Å²) in [6.07, 6.45) is 4.50. The Labute approximate surface area is 264 Å². The minimum Gasteiger partial charge on any atom is -0.494 e. The van der Waals surface area contributed by atoms with Crippen LogP contribution < -0.4 is 15.4 Å². The molecule has 0 aliphatic carbocycles. The molecule has 1 aromatic heterocycles. The van der Waals surface area contributed by atoms with Crippen LogP contribution in [0.5, 0.6) is 5.75 Å². The molecule has 3 N–H and O–H groups in total. The Morgan fingerprint density at radius 3 is 2.04 bits per heavy atom. The highest BCUT2D eigenvalue weighted by Crippen LogP contribution is 2.24. The summed E-state index contributed by atoms with van der Waals surface area (Å²) in [6.45, 7) is 8.99. The van der Waals surface area contributed by atoms with Crippen LogP contribution in [0.1, 0.15) is 62.0 Å². The molecule has 0 saturated carbocycles. The van der Waals surface area contributed by atoms with Crippen molar-refractivity contribution in [3.8, 4) is 28.3 Å². The number of nitrogens with zero attached hydrogens (tertiary/aromatic N) is 2. The third-order valence-electron chi connectivity index (χ3n) is 7.24. The highest BCUT2D eigenvalue weighted by atomic mass is 16.5. The van der Waals surface area contributed by atoms with Gasteiger partial charge in [0, 0.05) is 42.0 Å². The molecule has 9 heteroatoms. The molecule has 0 radical (unpaired) electrons. The zero-order valence-corrected chi connectivity index (χ0v) is 26.2. The Bertz CT molecular complexity index is 1580. The van der Waals surface area contributed by atoms with Crippen LogP contribution in [0.2, 0.25) is 0 Å². The summed E-state index contributed by atoms with van der Waals surface area (Å²) in [5.41, 5.74) is 4.95. The lowest BCUT2D eigenvalue weighted by Gasteiger charge is -2.20. The molecular weight excluding hydrogens is 568 g/mol. The van der Waals surface area contributed by atoms with Gasteiger partial charge in [-0.05, 0) is 52.8 Å². The van der Waals surface area contributed by atoms with Gasteiger partial charge < -0.3 is 20.5 Å². The number of rotatable bonds is 13. The Hall–Kier alpha value is -5.05. The highest BCUT2D eigenvalue weighted by Gasteiger charge is 2.23. The van der Waals surface area contributed by atoms with Crippen molar-refractivity contribution >= 4 is 17.8 Å². The lowest BCUT2D eigenvalue weighted by molar-refractivity contribution is -0.137. The van der Waals surface area contributed by atoms with Crippen LogP contribution in [-0.4, -0.2) is 52.1 Å². The summed E-state index contributed by atoms with van der Waals surface area (Å²) in [4.78, 5) is 46.2. The summed E-state index contributed by atoms with van der Waals surface area (Å²) < 4.78 is 5.65. The Morgan fingerprint density at radius 1 is 0.844 bits per heavy atom. The minimum atomic E-state index is -1.02. The van der Waals surface area contributed by atoms with Gasteiger partial charge in [-0.25, -0.2) is 9.97 Å². The Balaban J connectivity index is 1.44. The van der Waals surface area contributed by atoms with E-state index in [2.05, 4.69) is 48.3 Å². The smallest absolute Gasteiger partial charge is 0.305 e. The summed E-state index contributed by atoms with van der Waals surface area (Å²) in [5.74, 6) is -0.475. The maximum absolute atomic E-state index is 13.1. The molecule has 234 valence electrons. The normalized spacial score (nSPS) is 11.8. The molecule has 1 atom stereocenters. The minimum absolute atomic E-state index is 0.0378. The van der Waals surface area contributed by atoms with Gasteiger partial charge in [-0.15, -0.1) is 0 Å². The standard InChI is InChI=1S/C36H40N4O5/c1-5-20-45-30-16-12-25(13-17-30)28-22-38-33(39-23-28)26-8-6-24(7-9-26)21-31(35(44)37-19-18-32(41)42)40-34(43)27-10-14-29(15-11-27)36(2,3)4/h6-17,22-23,31H,5,18-21H2,1-4H3,(H,37,44)(H,40,43)(H,41,42). The average molecular weight is 609 g/mol. The van der Waals surface area contributed by atoms with Crippen molar-refractivity contribution < 1.29 is 24.2 Å². The second-order valence-corrected chi connectivity index (χ2v) is 11.9. The van der Waals surface area contributed by atoms with E-state index in [1.807, 2.05) is 60.7 Å². The molecule has 9 nitrogen and oxygen atoms in total. The fourth-order valence-corrected chi connectivity index (χ4v) is 4.60. The summed E-state index contributed by atoms with van der Waals surface area (Å²) in [6, 6.07) is 21.7. The van der Waals surface area contributed by atoms with Crippen molar-refractivity contribution in [2.24, 2.45) is 0 Å². The van der Waals surface area contributed by atoms with E-state index in [1.165, 1.54) is 0 Å². The van der Waals surface area contributed by atoms with Gasteiger partial charge in [0.2, 0.25) is 5.91 Å². The van der Waals surface area contributed by atoms with Crippen molar-refractivity contribution in [2.45, 2.75) is 58.4 Å². The monoisotopic (exact) mass is 608 g/mol. The molecule has 4 aromatic rings. The zero-order valence-electron chi connectivity index (χ0n) is 26.2. The predicted molar refractivity (Wildman–Crippen MR) is 174 cm³/mol. The number of amides is 2. The number of nitrogens with one attached hydrogen (secondary N) is 2. The van der Waals surface area contributed by atoms with Gasteiger partial charge in [-0.3, -0.25) is 14.4 Å². The zero-order chi connectivity index (χ0) is 32.4. The van der Waals surface area contributed by atoms with E-state index < -0.39 is 17.9 Å². The topological polar surface area (TPSA) is 131 Å². The van der Waals surface area contributed by atoms with Crippen LogP contribution in [0.15, 0.2) is 85.2 Å². The molecule has 1 unspecified atom stereocenters. The van der Waals surface area contributed by atoms with Crippen LogP contribution in [-0.2, 0) is 21.4 Å². The van der Waals surface area contributed by atoms with Crippen molar-refractivity contribution in [3.05, 3.63) is 102 Å². The Kier molecular flexibility index (Phi) is 11.0. The molecule has 4 rings (SSSR count). The first kappa shape index (κ1) is 32.9. The SMILES string of the molecule is CCCOc1ccc(-c2cnc(-c3ccc(CC(NC(=O)c4ccc(C(C)(C)C)cc4)C(=O)NCCC(=O)O)cc3)nc2)cc1. The predicted octanol–water partition coefficient (Wildman–Crippen LogP) is 5.83. The van der Waals surface area contributed by atoms with E-state index in [-0.39, 0.29) is 30.7 Å². The van der Waals surface area contributed by atoms with Gasteiger partial charge in [0.1, 0.15) is 11.8 Å². The number of benzene rings is 3.